The Morgan fingerprint density at radius 1 is 0.500 bits per heavy atom. The van der Waals surface area contributed by atoms with E-state index in [1.807, 2.05) is 41.7 Å². The van der Waals surface area contributed by atoms with Crippen LogP contribution in [0, 0.1) is 5.82 Å². The molecule has 0 atom stereocenters. The number of anilines is 3. The van der Waals surface area contributed by atoms with Crippen molar-refractivity contribution >= 4 is 91.9 Å². The molecule has 3 heterocycles. The number of ether oxygens (including phenoxy) is 1. The van der Waals surface area contributed by atoms with E-state index in [9.17, 15) is 4.39 Å². The topological polar surface area (TPSA) is 51.1 Å². The average Bonchev–Trinajstić information content (AvgIpc) is 3.64. The highest BCUT2D eigenvalue weighted by atomic mass is 32.1. The van der Waals surface area contributed by atoms with Crippen LogP contribution in [0.25, 0.3) is 86.0 Å². The second-order valence-corrected chi connectivity index (χ2v) is 17.2. The lowest BCUT2D eigenvalue weighted by molar-refractivity contribution is 0.415. The van der Waals surface area contributed by atoms with Gasteiger partial charge in [-0.25, -0.2) is 9.37 Å². The van der Waals surface area contributed by atoms with Gasteiger partial charge in [-0.05, 0) is 127 Å². The fourth-order valence-electron chi connectivity index (χ4n) is 9.36. The van der Waals surface area contributed by atoms with Crippen molar-refractivity contribution in [3.63, 3.8) is 0 Å². The Hall–Kier alpha value is -7.22. The zero-order chi connectivity index (χ0) is 40.3. The van der Waals surface area contributed by atoms with Gasteiger partial charge in [-0.15, -0.1) is 11.3 Å². The minimum absolute atomic E-state index is 0.314. The lowest BCUT2D eigenvalue weighted by Crippen LogP contribution is -2.31. The molecule has 60 heavy (non-hydrogen) atoms. The van der Waals surface area contributed by atoms with Crippen LogP contribution in [-0.2, 0) is 5.41 Å². The van der Waals surface area contributed by atoms with E-state index in [-0.39, 0.29) is 11.2 Å². The molecule has 0 saturated heterocycles. The van der Waals surface area contributed by atoms with E-state index in [1.54, 1.807) is 19.2 Å². The molecular weight excluding hydrogens is 760 g/mol. The molecule has 0 spiro atoms. The lowest BCUT2D eigenvalue weighted by Gasteiger charge is -2.41. The maximum absolute atomic E-state index is 14.2. The number of rotatable bonds is 4. The Bertz CT molecular complexity index is 3580. The molecule has 0 bridgehead atoms. The molecular formula is C53H35FN4OS. The monoisotopic (exact) mass is 794 g/mol. The van der Waals surface area contributed by atoms with Crippen molar-refractivity contribution in [2.45, 2.75) is 19.3 Å². The predicted octanol–water partition coefficient (Wildman–Crippen LogP) is 14.4. The summed E-state index contributed by atoms with van der Waals surface area (Å²) in [6, 6.07) is 54.1. The first-order chi connectivity index (χ1) is 29.3. The van der Waals surface area contributed by atoms with E-state index < -0.39 is 0 Å². The first kappa shape index (κ1) is 34.8. The third kappa shape index (κ3) is 5.19. The smallest absolute Gasteiger partial charge is 0.238 e. The second-order valence-electron chi connectivity index (χ2n) is 16.2. The van der Waals surface area contributed by atoms with E-state index in [2.05, 4.69) is 122 Å². The molecule has 11 aromatic rings. The van der Waals surface area contributed by atoms with Gasteiger partial charge < -0.3 is 4.74 Å². The largest absolute Gasteiger partial charge is 0.497 e. The Morgan fingerprint density at radius 2 is 1.07 bits per heavy atom. The molecule has 0 saturated carbocycles. The van der Waals surface area contributed by atoms with Gasteiger partial charge >= 0.3 is 0 Å². The van der Waals surface area contributed by atoms with Crippen LogP contribution in [0.4, 0.5) is 21.7 Å². The number of aromatic nitrogens is 3. The van der Waals surface area contributed by atoms with Gasteiger partial charge in [0.15, 0.2) is 11.6 Å². The molecule has 7 heteroatoms. The quantitative estimate of drug-likeness (QED) is 0.166. The molecule has 9 aromatic carbocycles. The van der Waals surface area contributed by atoms with Gasteiger partial charge in [-0.3, -0.25) is 4.90 Å². The van der Waals surface area contributed by atoms with Crippen molar-refractivity contribution < 1.29 is 9.13 Å². The predicted molar refractivity (Wildman–Crippen MR) is 247 cm³/mol. The number of methoxy groups -OCH3 is 1. The Kier molecular flexibility index (Phi) is 7.47. The van der Waals surface area contributed by atoms with Crippen LogP contribution in [0.3, 0.4) is 0 Å². The van der Waals surface area contributed by atoms with Crippen molar-refractivity contribution in [2.24, 2.45) is 0 Å². The minimum Gasteiger partial charge on any atom is -0.497 e. The fourth-order valence-corrected chi connectivity index (χ4v) is 10.5. The summed E-state index contributed by atoms with van der Waals surface area (Å²) >= 11 is 1.81. The summed E-state index contributed by atoms with van der Waals surface area (Å²) in [4.78, 5) is 17.7. The fraction of sp³-hybridized carbons (Fsp3) is 0.0755. The van der Waals surface area contributed by atoms with Gasteiger partial charge in [0.2, 0.25) is 5.95 Å². The van der Waals surface area contributed by atoms with Crippen LogP contribution in [0.2, 0.25) is 0 Å². The Morgan fingerprint density at radius 3 is 1.80 bits per heavy atom. The maximum Gasteiger partial charge on any atom is 0.238 e. The lowest BCUT2D eigenvalue weighted by atomic mass is 9.72. The summed E-state index contributed by atoms with van der Waals surface area (Å²) in [5.74, 6) is 2.04. The third-order valence-electron chi connectivity index (χ3n) is 12.4. The molecule has 0 unspecified atom stereocenters. The van der Waals surface area contributed by atoms with Gasteiger partial charge in [0.05, 0.1) is 18.5 Å². The molecule has 0 N–H and O–H groups in total. The van der Waals surface area contributed by atoms with Crippen LogP contribution in [0.1, 0.15) is 25.0 Å². The Labute approximate surface area is 349 Å². The molecule has 2 aromatic heterocycles. The second kappa shape index (κ2) is 12.9. The molecule has 0 aliphatic carbocycles. The zero-order valence-electron chi connectivity index (χ0n) is 33.0. The molecule has 0 fully saturated rings. The van der Waals surface area contributed by atoms with E-state index >= 15 is 0 Å². The molecule has 1 aliphatic rings. The number of benzene rings is 9. The van der Waals surface area contributed by atoms with Crippen LogP contribution < -0.4 is 9.64 Å². The third-order valence-corrected chi connectivity index (χ3v) is 13.5. The molecule has 5 nitrogen and oxygen atoms in total. The van der Waals surface area contributed by atoms with Crippen molar-refractivity contribution in [1.29, 1.82) is 0 Å². The molecule has 0 radical (unpaired) electrons. The van der Waals surface area contributed by atoms with E-state index in [0.717, 1.165) is 28.1 Å². The number of halogens is 1. The summed E-state index contributed by atoms with van der Waals surface area (Å²) in [6.45, 7) is 4.65. The number of fused-ring (bicyclic) bond motifs is 12. The Balaban J connectivity index is 1.16. The summed E-state index contributed by atoms with van der Waals surface area (Å²) in [6.07, 6.45) is 0. The number of nitrogens with zero attached hydrogens (tertiary/aromatic N) is 4. The average molecular weight is 795 g/mol. The van der Waals surface area contributed by atoms with E-state index in [0.29, 0.717) is 23.2 Å². The molecule has 12 rings (SSSR count). The van der Waals surface area contributed by atoms with Crippen LogP contribution >= 0.6 is 11.3 Å². The number of hydrogen-bond donors (Lipinski definition) is 0. The van der Waals surface area contributed by atoms with E-state index in [1.165, 1.54) is 81.1 Å². The summed E-state index contributed by atoms with van der Waals surface area (Å²) in [5, 5.41) is 12.0. The van der Waals surface area contributed by atoms with E-state index in [4.69, 9.17) is 19.7 Å². The van der Waals surface area contributed by atoms with Gasteiger partial charge in [-0.1, -0.05) is 98.8 Å². The van der Waals surface area contributed by atoms with Crippen LogP contribution in [0.15, 0.2) is 158 Å². The van der Waals surface area contributed by atoms with Gasteiger partial charge in [0, 0.05) is 36.7 Å². The van der Waals surface area contributed by atoms with Crippen molar-refractivity contribution in [3.8, 4) is 28.5 Å². The first-order valence-electron chi connectivity index (χ1n) is 20.1. The standard InChI is InChI=1S/C53H35FN4OS/c1-53(2)44-23-32-13-7-8-14-33(32)24-46(44)58(52-56-50(30-11-5-4-6-12-30)55-51(57-52)31-17-19-34(54)20-18-31)47-29-49-43(27-45(47)53)42-26-40-37-16-10-9-15-36(37)39-25-35(59-3)21-22-38(39)41(40)28-48(42)60-49/h4-29H,1-3H3. The van der Waals surface area contributed by atoms with Crippen molar-refractivity contribution in [1.82, 2.24) is 15.0 Å². The highest BCUT2D eigenvalue weighted by Gasteiger charge is 2.39. The van der Waals surface area contributed by atoms with Gasteiger partial charge in [0.1, 0.15) is 11.6 Å². The van der Waals surface area contributed by atoms with Crippen LogP contribution in [-0.4, -0.2) is 22.1 Å². The molecule has 1 aliphatic heterocycles. The first-order valence-corrected chi connectivity index (χ1v) is 20.9. The summed E-state index contributed by atoms with van der Waals surface area (Å²) in [7, 11) is 1.72. The van der Waals surface area contributed by atoms with Crippen LogP contribution in [0.5, 0.6) is 5.75 Å². The zero-order valence-corrected chi connectivity index (χ0v) is 33.8. The van der Waals surface area contributed by atoms with Crippen molar-refractivity contribution in [3.05, 3.63) is 175 Å². The maximum atomic E-state index is 14.2. The highest BCUT2D eigenvalue weighted by molar-refractivity contribution is 7.26. The molecule has 286 valence electrons. The minimum atomic E-state index is -0.387. The normalized spacial score (nSPS) is 13.4. The summed E-state index contributed by atoms with van der Waals surface area (Å²) < 4.78 is 22.3. The SMILES string of the molecule is COc1ccc2c(c1)c1ccccc1c1cc3c(cc21)sc1cc2c(cc13)C(C)(C)c1cc3ccccc3cc1N2c1nc(-c2ccccc2)nc(-c2ccc(F)cc2)n1. The number of thiophene rings is 1. The summed E-state index contributed by atoms with van der Waals surface area (Å²) in [5.41, 5.74) is 5.58. The van der Waals surface area contributed by atoms with Gasteiger partial charge in [-0.2, -0.15) is 9.97 Å². The van der Waals surface area contributed by atoms with Crippen molar-refractivity contribution in [2.75, 3.05) is 12.0 Å². The van der Waals surface area contributed by atoms with Gasteiger partial charge in [0.25, 0.3) is 0 Å². The molecule has 0 amide bonds. The highest BCUT2D eigenvalue weighted by Crippen LogP contribution is 2.55. The number of hydrogen-bond acceptors (Lipinski definition) is 6.